The van der Waals surface area contributed by atoms with Crippen molar-refractivity contribution in [3.63, 3.8) is 0 Å². The largest absolute Gasteiger partial charge is 0.342 e. The van der Waals surface area contributed by atoms with Gasteiger partial charge in [0.1, 0.15) is 23.6 Å². The van der Waals surface area contributed by atoms with Gasteiger partial charge in [0.05, 0.1) is 12.3 Å². The standard InChI is InChI=1S/C20H19FN6O/c1-13-9-24-20(17-10-23-18-3-2-15(21)12-27(17)18)25-16(13)8-14-5-7-26(11-14)19(28)4-6-22/h2-3,9-10,12,14H,4-5,7-8,11H2,1H3/t14-/m0/s1. The Kier molecular flexibility index (Phi) is 4.74. The van der Waals surface area contributed by atoms with Crippen LogP contribution in [-0.4, -0.2) is 43.2 Å². The minimum absolute atomic E-state index is 0.0751. The molecule has 3 aromatic heterocycles. The van der Waals surface area contributed by atoms with Crippen LogP contribution in [-0.2, 0) is 11.2 Å². The number of hydrogen-bond acceptors (Lipinski definition) is 5. The van der Waals surface area contributed by atoms with Crippen LogP contribution in [0.1, 0.15) is 24.1 Å². The highest BCUT2D eigenvalue weighted by Gasteiger charge is 2.27. The quantitative estimate of drug-likeness (QED) is 0.696. The van der Waals surface area contributed by atoms with Crippen LogP contribution < -0.4 is 0 Å². The molecule has 0 unspecified atom stereocenters. The van der Waals surface area contributed by atoms with Gasteiger partial charge in [0, 0.05) is 31.2 Å². The Balaban J connectivity index is 1.57. The summed E-state index contributed by atoms with van der Waals surface area (Å²) in [5.74, 6) is 0.322. The summed E-state index contributed by atoms with van der Waals surface area (Å²) in [6.07, 6.45) is 6.31. The van der Waals surface area contributed by atoms with E-state index in [1.165, 1.54) is 12.3 Å². The van der Waals surface area contributed by atoms with Gasteiger partial charge in [0.15, 0.2) is 5.82 Å². The first kappa shape index (κ1) is 18.0. The molecule has 0 saturated carbocycles. The van der Waals surface area contributed by atoms with Crippen LogP contribution in [0.5, 0.6) is 0 Å². The fourth-order valence-electron chi connectivity index (χ4n) is 3.61. The molecule has 0 aliphatic carbocycles. The molecule has 0 radical (unpaired) electrons. The lowest BCUT2D eigenvalue weighted by atomic mass is 10.0. The zero-order chi connectivity index (χ0) is 19.7. The third-order valence-corrected chi connectivity index (χ3v) is 5.13. The molecular formula is C20H19FN6O. The summed E-state index contributed by atoms with van der Waals surface area (Å²) >= 11 is 0. The Morgan fingerprint density at radius 3 is 3.04 bits per heavy atom. The smallest absolute Gasteiger partial charge is 0.236 e. The monoisotopic (exact) mass is 378 g/mol. The first-order valence-electron chi connectivity index (χ1n) is 9.15. The Hall–Kier alpha value is -3.34. The van der Waals surface area contributed by atoms with Gasteiger partial charge in [-0.3, -0.25) is 9.20 Å². The number of aryl methyl sites for hydroxylation is 1. The molecule has 4 rings (SSSR count). The van der Waals surface area contributed by atoms with Crippen molar-refractivity contribution < 1.29 is 9.18 Å². The van der Waals surface area contributed by atoms with Gasteiger partial charge >= 0.3 is 0 Å². The fraction of sp³-hybridized carbons (Fsp3) is 0.350. The lowest BCUT2D eigenvalue weighted by Crippen LogP contribution is -2.28. The molecule has 1 amide bonds. The van der Waals surface area contributed by atoms with Gasteiger partial charge in [0.2, 0.25) is 5.91 Å². The van der Waals surface area contributed by atoms with Crippen LogP contribution in [0.2, 0.25) is 0 Å². The van der Waals surface area contributed by atoms with E-state index in [4.69, 9.17) is 10.2 Å². The van der Waals surface area contributed by atoms with E-state index in [0.717, 1.165) is 24.1 Å². The van der Waals surface area contributed by atoms with Gasteiger partial charge in [-0.2, -0.15) is 5.26 Å². The van der Waals surface area contributed by atoms with Crippen molar-refractivity contribution in [1.82, 2.24) is 24.3 Å². The molecule has 3 aromatic rings. The Morgan fingerprint density at radius 1 is 1.36 bits per heavy atom. The summed E-state index contributed by atoms with van der Waals surface area (Å²) in [5.41, 5.74) is 3.15. The summed E-state index contributed by atoms with van der Waals surface area (Å²) in [5, 5.41) is 8.70. The van der Waals surface area contributed by atoms with Crippen molar-refractivity contribution >= 4 is 11.6 Å². The van der Waals surface area contributed by atoms with Crippen molar-refractivity contribution in [1.29, 1.82) is 5.26 Å². The van der Waals surface area contributed by atoms with E-state index >= 15 is 0 Å². The number of fused-ring (bicyclic) bond motifs is 1. The van der Waals surface area contributed by atoms with Crippen molar-refractivity contribution in [3.05, 3.63) is 47.8 Å². The lowest BCUT2D eigenvalue weighted by Gasteiger charge is -2.15. The van der Waals surface area contributed by atoms with E-state index in [0.29, 0.717) is 36.2 Å². The lowest BCUT2D eigenvalue weighted by molar-refractivity contribution is -0.129. The molecule has 4 heterocycles. The van der Waals surface area contributed by atoms with Crippen LogP contribution in [0.3, 0.4) is 0 Å². The number of aromatic nitrogens is 4. The maximum absolute atomic E-state index is 13.6. The van der Waals surface area contributed by atoms with Crippen LogP contribution >= 0.6 is 0 Å². The van der Waals surface area contributed by atoms with Crippen LogP contribution in [0, 0.1) is 30.0 Å². The highest BCUT2D eigenvalue weighted by Crippen LogP contribution is 2.24. The fourth-order valence-corrected chi connectivity index (χ4v) is 3.61. The third kappa shape index (κ3) is 3.43. The van der Waals surface area contributed by atoms with Crippen molar-refractivity contribution in [2.75, 3.05) is 13.1 Å². The predicted octanol–water partition coefficient (Wildman–Crippen LogP) is 2.54. The maximum Gasteiger partial charge on any atom is 0.236 e. The number of halogens is 1. The number of rotatable bonds is 4. The van der Waals surface area contributed by atoms with Gasteiger partial charge in [-0.05, 0) is 43.4 Å². The van der Waals surface area contributed by atoms with Gasteiger partial charge in [-0.15, -0.1) is 0 Å². The number of carbonyl (C=O) groups is 1. The summed E-state index contributed by atoms with van der Waals surface area (Å²) in [6.45, 7) is 3.27. The van der Waals surface area contributed by atoms with Gasteiger partial charge in [-0.25, -0.2) is 19.3 Å². The molecule has 1 saturated heterocycles. The predicted molar refractivity (Wildman–Crippen MR) is 99.5 cm³/mol. The zero-order valence-corrected chi connectivity index (χ0v) is 15.5. The summed E-state index contributed by atoms with van der Waals surface area (Å²) < 4.78 is 15.3. The van der Waals surface area contributed by atoms with E-state index in [1.807, 2.05) is 13.0 Å². The topological polar surface area (TPSA) is 87.2 Å². The molecule has 28 heavy (non-hydrogen) atoms. The molecule has 142 valence electrons. The molecule has 0 bridgehead atoms. The first-order chi connectivity index (χ1) is 13.5. The van der Waals surface area contributed by atoms with Crippen LogP contribution in [0.25, 0.3) is 17.2 Å². The molecule has 8 heteroatoms. The molecule has 0 N–H and O–H groups in total. The van der Waals surface area contributed by atoms with E-state index in [9.17, 15) is 9.18 Å². The number of nitriles is 1. The van der Waals surface area contributed by atoms with E-state index in [2.05, 4.69) is 9.97 Å². The SMILES string of the molecule is Cc1cnc(-c2cnc3ccc(F)cn23)nc1C[C@@H]1CCN(C(=O)CC#N)C1. The Labute approximate surface area is 161 Å². The molecule has 1 fully saturated rings. The van der Waals surface area contributed by atoms with Gasteiger partial charge in [0.25, 0.3) is 0 Å². The Morgan fingerprint density at radius 2 is 2.21 bits per heavy atom. The van der Waals surface area contributed by atoms with Gasteiger partial charge < -0.3 is 4.90 Å². The summed E-state index contributed by atoms with van der Waals surface area (Å²) in [7, 11) is 0. The van der Waals surface area contributed by atoms with Crippen LogP contribution in [0.4, 0.5) is 4.39 Å². The number of carbonyl (C=O) groups excluding carboxylic acids is 1. The summed E-state index contributed by atoms with van der Waals surface area (Å²) in [6, 6.07) is 4.89. The second-order valence-electron chi connectivity index (χ2n) is 7.08. The maximum atomic E-state index is 13.6. The Bertz CT molecular complexity index is 1090. The highest BCUT2D eigenvalue weighted by atomic mass is 19.1. The number of hydrogen-bond donors (Lipinski definition) is 0. The number of pyridine rings is 1. The first-order valence-corrected chi connectivity index (χ1v) is 9.15. The second kappa shape index (κ2) is 7.35. The van der Waals surface area contributed by atoms with Crippen molar-refractivity contribution in [2.45, 2.75) is 26.2 Å². The molecule has 1 aliphatic rings. The van der Waals surface area contributed by atoms with Crippen molar-refractivity contribution in [3.8, 4) is 17.6 Å². The number of likely N-dealkylation sites (tertiary alicyclic amines) is 1. The average Bonchev–Trinajstić information content (AvgIpc) is 3.30. The van der Waals surface area contributed by atoms with E-state index in [-0.39, 0.29) is 18.1 Å². The number of amides is 1. The minimum atomic E-state index is -0.354. The molecular weight excluding hydrogens is 359 g/mol. The number of imidazole rings is 1. The normalized spacial score (nSPS) is 16.5. The molecule has 0 aromatic carbocycles. The molecule has 7 nitrogen and oxygen atoms in total. The zero-order valence-electron chi connectivity index (χ0n) is 15.5. The molecule has 0 spiro atoms. The average molecular weight is 378 g/mol. The van der Waals surface area contributed by atoms with Crippen molar-refractivity contribution in [2.24, 2.45) is 5.92 Å². The second-order valence-corrected chi connectivity index (χ2v) is 7.08. The third-order valence-electron chi connectivity index (χ3n) is 5.13. The van der Waals surface area contributed by atoms with Crippen LogP contribution in [0.15, 0.2) is 30.7 Å². The summed E-state index contributed by atoms with van der Waals surface area (Å²) in [4.78, 5) is 27.1. The molecule has 1 atom stereocenters. The van der Waals surface area contributed by atoms with E-state index < -0.39 is 0 Å². The minimum Gasteiger partial charge on any atom is -0.342 e. The van der Waals surface area contributed by atoms with E-state index in [1.54, 1.807) is 27.8 Å². The molecule has 1 aliphatic heterocycles. The van der Waals surface area contributed by atoms with Gasteiger partial charge in [-0.1, -0.05) is 0 Å². The number of nitrogens with zero attached hydrogens (tertiary/aromatic N) is 6. The highest BCUT2D eigenvalue weighted by molar-refractivity contribution is 5.78.